The average molecular weight is 416 g/mol. The van der Waals surface area contributed by atoms with Gasteiger partial charge in [0.25, 0.3) is 0 Å². The number of nitrogens with zero attached hydrogens (tertiary/aromatic N) is 4. The molecule has 9 heteroatoms. The van der Waals surface area contributed by atoms with Crippen molar-refractivity contribution in [2.24, 2.45) is 4.99 Å². The van der Waals surface area contributed by atoms with E-state index < -0.39 is 11.9 Å². The van der Waals surface area contributed by atoms with Gasteiger partial charge in [-0.15, -0.1) is 21.5 Å². The van der Waals surface area contributed by atoms with E-state index in [9.17, 15) is 4.79 Å². The molecule has 0 saturated heterocycles. The van der Waals surface area contributed by atoms with Crippen LogP contribution in [0.5, 0.6) is 0 Å². The lowest BCUT2D eigenvalue weighted by Gasteiger charge is -2.11. The molecular weight excluding hydrogens is 398 g/mol. The Morgan fingerprint density at radius 1 is 1.25 bits per heavy atom. The maximum atomic E-state index is 11.9. The number of amides is 1. The maximum Gasteiger partial charge on any atom is 0.245 e. The first-order chi connectivity index (χ1) is 13.4. The molecule has 7 nitrogen and oxygen atoms in total. The van der Waals surface area contributed by atoms with Crippen molar-refractivity contribution in [1.29, 1.82) is 0 Å². The predicted octanol–water partition coefficient (Wildman–Crippen LogP) is 3.70. The van der Waals surface area contributed by atoms with Crippen molar-refractivity contribution in [3.05, 3.63) is 62.5 Å². The van der Waals surface area contributed by atoms with Gasteiger partial charge < -0.3 is 0 Å². The van der Waals surface area contributed by atoms with Crippen molar-refractivity contribution < 1.29 is 10.0 Å². The van der Waals surface area contributed by atoms with E-state index in [-0.39, 0.29) is 6.42 Å². The summed E-state index contributed by atoms with van der Waals surface area (Å²) < 4.78 is 1.96. The van der Waals surface area contributed by atoms with Gasteiger partial charge in [0.2, 0.25) is 5.91 Å². The molecule has 0 aliphatic carbocycles. The van der Waals surface area contributed by atoms with Crippen LogP contribution in [0.2, 0.25) is 5.02 Å². The third kappa shape index (κ3) is 3.03. The molecule has 1 aromatic carbocycles. The minimum Gasteiger partial charge on any atom is -0.289 e. The molecule has 0 radical (unpaired) electrons. The van der Waals surface area contributed by atoms with Crippen LogP contribution in [-0.2, 0) is 4.79 Å². The van der Waals surface area contributed by atoms with Crippen LogP contribution in [0.4, 0.5) is 0 Å². The Kier molecular flexibility index (Phi) is 4.78. The summed E-state index contributed by atoms with van der Waals surface area (Å²) in [6.45, 7) is 6.02. The maximum absolute atomic E-state index is 11.9. The highest BCUT2D eigenvalue weighted by atomic mass is 35.5. The lowest BCUT2D eigenvalue weighted by molar-refractivity contribution is -0.129. The van der Waals surface area contributed by atoms with Crippen LogP contribution in [0, 0.1) is 20.8 Å². The van der Waals surface area contributed by atoms with E-state index in [2.05, 4.69) is 24.0 Å². The first kappa shape index (κ1) is 18.8. The second kappa shape index (κ2) is 7.12. The Bertz CT molecular complexity index is 1100. The molecule has 3 aromatic rings. The van der Waals surface area contributed by atoms with Gasteiger partial charge in [-0.1, -0.05) is 23.7 Å². The lowest BCUT2D eigenvalue weighted by atomic mass is 9.99. The molecule has 2 N–H and O–H groups in total. The number of fused-ring (bicyclic) bond motifs is 3. The molecule has 4 rings (SSSR count). The Labute approximate surface area is 170 Å². The van der Waals surface area contributed by atoms with Gasteiger partial charge in [0.05, 0.1) is 12.1 Å². The second-order valence-corrected chi connectivity index (χ2v) is 8.28. The van der Waals surface area contributed by atoms with Gasteiger partial charge >= 0.3 is 0 Å². The number of aromatic nitrogens is 3. The average Bonchev–Trinajstić information content (AvgIpc) is 3.15. The summed E-state index contributed by atoms with van der Waals surface area (Å²) in [5.41, 5.74) is 5.49. The highest BCUT2D eigenvalue weighted by molar-refractivity contribution is 7.15. The molecule has 1 aliphatic heterocycles. The van der Waals surface area contributed by atoms with Crippen LogP contribution >= 0.6 is 22.9 Å². The van der Waals surface area contributed by atoms with E-state index in [0.717, 1.165) is 33.2 Å². The number of carbonyl (C=O) groups excluding carboxylic acids is 1. The summed E-state index contributed by atoms with van der Waals surface area (Å²) in [5.74, 6) is 0.765. The third-order valence-corrected chi connectivity index (χ3v) is 6.30. The number of halogens is 1. The van der Waals surface area contributed by atoms with Gasteiger partial charge in [-0.05, 0) is 38.5 Å². The summed E-state index contributed by atoms with van der Waals surface area (Å²) >= 11 is 7.72. The number of hydrogen-bond acceptors (Lipinski definition) is 6. The molecule has 0 spiro atoms. The Morgan fingerprint density at radius 2 is 1.96 bits per heavy atom. The van der Waals surface area contributed by atoms with Gasteiger partial charge in [-0.3, -0.25) is 19.6 Å². The van der Waals surface area contributed by atoms with Gasteiger partial charge in [-0.2, -0.15) is 0 Å². The SMILES string of the molecule is Cc1sc2c(c1C)C(c1ccc(Cl)cc1)=N[C@@H](CC(=O)NO)c1nnc(C)n1-2. The van der Waals surface area contributed by atoms with E-state index in [1.54, 1.807) is 16.8 Å². The molecule has 144 valence electrons. The first-order valence-electron chi connectivity index (χ1n) is 8.70. The highest BCUT2D eigenvalue weighted by Gasteiger charge is 2.32. The smallest absolute Gasteiger partial charge is 0.245 e. The molecule has 0 bridgehead atoms. The zero-order chi connectivity index (χ0) is 20.0. The Balaban J connectivity index is 2.01. The molecule has 1 aliphatic rings. The number of benzene rings is 1. The van der Waals surface area contributed by atoms with Crippen LogP contribution < -0.4 is 5.48 Å². The fraction of sp³-hybridized carbons (Fsp3) is 0.263. The van der Waals surface area contributed by atoms with E-state index in [1.165, 1.54) is 4.88 Å². The van der Waals surface area contributed by atoms with E-state index >= 15 is 0 Å². The molecule has 3 heterocycles. The quantitative estimate of drug-likeness (QED) is 0.504. The number of carbonyl (C=O) groups is 1. The molecule has 0 unspecified atom stereocenters. The van der Waals surface area contributed by atoms with Crippen LogP contribution in [0.3, 0.4) is 0 Å². The minimum absolute atomic E-state index is 0.0430. The van der Waals surface area contributed by atoms with Crippen molar-refractivity contribution in [1.82, 2.24) is 20.2 Å². The monoisotopic (exact) mass is 415 g/mol. The predicted molar refractivity (Wildman–Crippen MR) is 108 cm³/mol. The van der Waals surface area contributed by atoms with Gasteiger partial charge in [0.1, 0.15) is 16.9 Å². The fourth-order valence-electron chi connectivity index (χ4n) is 3.35. The van der Waals surface area contributed by atoms with Crippen LogP contribution in [0.25, 0.3) is 5.00 Å². The van der Waals surface area contributed by atoms with Crippen molar-refractivity contribution in [3.8, 4) is 5.00 Å². The van der Waals surface area contributed by atoms with Crippen LogP contribution in [0.15, 0.2) is 29.3 Å². The number of hydrogen-bond donors (Lipinski definition) is 2. The standard InChI is InChI=1S/C19H18ClN5O2S/c1-9-10(2)28-19-16(9)17(12-4-6-13(20)7-5-12)21-14(8-15(26)24-27)18-23-22-11(3)25(18)19/h4-7,14,27H,8H2,1-3H3,(H,24,26)/t14-/m0/s1. The third-order valence-electron chi connectivity index (χ3n) is 4.86. The molecule has 1 amide bonds. The number of hydroxylamine groups is 1. The van der Waals surface area contributed by atoms with E-state index in [4.69, 9.17) is 21.8 Å². The molecule has 0 saturated carbocycles. The van der Waals surface area contributed by atoms with Crippen LogP contribution in [0.1, 0.15) is 45.7 Å². The molecule has 1 atom stereocenters. The molecular formula is C19H18ClN5O2S. The Hall–Kier alpha value is -2.55. The van der Waals surface area contributed by atoms with Crippen molar-refractivity contribution in [2.75, 3.05) is 0 Å². The Morgan fingerprint density at radius 3 is 2.64 bits per heavy atom. The number of thiophene rings is 1. The lowest BCUT2D eigenvalue weighted by Crippen LogP contribution is -2.22. The summed E-state index contributed by atoms with van der Waals surface area (Å²) in [4.78, 5) is 18.0. The van der Waals surface area contributed by atoms with E-state index in [1.807, 2.05) is 35.8 Å². The van der Waals surface area contributed by atoms with Gasteiger partial charge in [-0.25, -0.2) is 5.48 Å². The fourth-order valence-corrected chi connectivity index (χ4v) is 4.69. The largest absolute Gasteiger partial charge is 0.289 e. The summed E-state index contributed by atoms with van der Waals surface area (Å²) in [7, 11) is 0. The normalized spacial score (nSPS) is 15.5. The zero-order valence-corrected chi connectivity index (χ0v) is 17.1. The summed E-state index contributed by atoms with van der Waals surface area (Å²) in [5, 5.41) is 19.1. The highest BCUT2D eigenvalue weighted by Crippen LogP contribution is 2.39. The number of nitrogens with one attached hydrogen (secondary N) is 1. The number of aryl methyl sites for hydroxylation is 2. The number of aliphatic imine (C=N–C) groups is 1. The van der Waals surface area contributed by atoms with Crippen molar-refractivity contribution in [3.63, 3.8) is 0 Å². The molecule has 0 fully saturated rings. The first-order valence-corrected chi connectivity index (χ1v) is 9.89. The summed E-state index contributed by atoms with van der Waals surface area (Å²) in [6, 6.07) is 6.89. The van der Waals surface area contributed by atoms with Gasteiger partial charge in [0, 0.05) is 21.0 Å². The second-order valence-electron chi connectivity index (χ2n) is 6.64. The zero-order valence-electron chi connectivity index (χ0n) is 15.5. The van der Waals surface area contributed by atoms with Gasteiger partial charge in [0.15, 0.2) is 5.82 Å². The van der Waals surface area contributed by atoms with Crippen molar-refractivity contribution in [2.45, 2.75) is 33.2 Å². The molecule has 28 heavy (non-hydrogen) atoms. The topological polar surface area (TPSA) is 92.4 Å². The van der Waals surface area contributed by atoms with E-state index in [0.29, 0.717) is 10.8 Å². The van der Waals surface area contributed by atoms with Crippen LogP contribution in [-0.4, -0.2) is 31.6 Å². The summed E-state index contributed by atoms with van der Waals surface area (Å²) in [6.07, 6.45) is -0.0430. The minimum atomic E-state index is -0.585. The number of rotatable bonds is 3. The molecule has 2 aromatic heterocycles. The van der Waals surface area contributed by atoms with Crippen molar-refractivity contribution >= 4 is 34.6 Å².